The molecule has 3 rings (SSSR count). The van der Waals surface area contributed by atoms with Crippen LogP contribution >= 0.6 is 0 Å². The molecule has 4 atom stereocenters. The second-order valence-electron chi connectivity index (χ2n) is 8.71. The fourth-order valence-corrected chi connectivity index (χ4v) is 4.82. The molecule has 172 valence electrons. The Hall–Kier alpha value is -2.62. The molecule has 0 bridgehead atoms. The lowest BCUT2D eigenvalue weighted by molar-refractivity contribution is -0.165. The van der Waals surface area contributed by atoms with Crippen LogP contribution < -0.4 is 0 Å². The summed E-state index contributed by atoms with van der Waals surface area (Å²) in [5.41, 5.74) is 2.17. The Balaban J connectivity index is 1.98. The van der Waals surface area contributed by atoms with E-state index in [4.69, 9.17) is 9.47 Å². The van der Waals surface area contributed by atoms with Crippen LogP contribution in [-0.2, 0) is 19.1 Å². The van der Waals surface area contributed by atoms with Gasteiger partial charge in [-0.15, -0.1) is 0 Å². The van der Waals surface area contributed by atoms with Gasteiger partial charge in [0.25, 0.3) is 0 Å². The second kappa shape index (κ2) is 12.4. The summed E-state index contributed by atoms with van der Waals surface area (Å²) in [7, 11) is 0. The number of rotatable bonds is 10. The van der Waals surface area contributed by atoms with Crippen molar-refractivity contribution >= 4 is 11.9 Å². The molecule has 1 saturated carbocycles. The van der Waals surface area contributed by atoms with Crippen molar-refractivity contribution in [1.82, 2.24) is 0 Å². The van der Waals surface area contributed by atoms with Crippen molar-refractivity contribution in [3.63, 3.8) is 0 Å². The van der Waals surface area contributed by atoms with Gasteiger partial charge in [0, 0.05) is 0 Å². The molecule has 0 spiro atoms. The van der Waals surface area contributed by atoms with Gasteiger partial charge in [0.05, 0.1) is 25.0 Å². The number of benzene rings is 2. The van der Waals surface area contributed by atoms with Crippen LogP contribution in [0.25, 0.3) is 0 Å². The predicted molar refractivity (Wildman–Crippen MR) is 126 cm³/mol. The number of ether oxygens (including phenoxy) is 2. The molecule has 4 heteroatoms. The van der Waals surface area contributed by atoms with Crippen LogP contribution in [0.1, 0.15) is 75.3 Å². The van der Waals surface area contributed by atoms with Gasteiger partial charge >= 0.3 is 11.9 Å². The summed E-state index contributed by atoms with van der Waals surface area (Å²) in [4.78, 5) is 26.9. The maximum absolute atomic E-state index is 13.4. The highest BCUT2D eigenvalue weighted by atomic mass is 16.5. The third-order valence-electron chi connectivity index (χ3n) is 6.53. The molecule has 0 radical (unpaired) electrons. The van der Waals surface area contributed by atoms with Crippen LogP contribution in [0.3, 0.4) is 0 Å². The number of esters is 2. The Morgan fingerprint density at radius 2 is 1.06 bits per heavy atom. The summed E-state index contributed by atoms with van der Waals surface area (Å²) in [5.74, 6) is -1.77. The molecule has 4 nitrogen and oxygen atoms in total. The number of hydrogen-bond acceptors (Lipinski definition) is 4. The SMILES string of the molecule is CCCCOC(=O)C1C(c2ccccc2)CCC(c2ccccc2)C1C(=O)OCCCC. The van der Waals surface area contributed by atoms with Gasteiger partial charge in [0.1, 0.15) is 0 Å². The van der Waals surface area contributed by atoms with Crippen molar-refractivity contribution < 1.29 is 19.1 Å². The summed E-state index contributed by atoms with van der Waals surface area (Å²) in [5, 5.41) is 0. The molecule has 1 aliphatic carbocycles. The standard InChI is InChI=1S/C28H36O4/c1-3-5-19-31-27(29)25-23(21-13-9-7-10-14-21)17-18-24(22-15-11-8-12-16-22)26(25)28(30)32-20-6-4-2/h7-16,23-26H,3-6,17-20H2,1-2H3. The molecule has 0 saturated heterocycles. The number of hydrogen-bond donors (Lipinski definition) is 0. The van der Waals surface area contributed by atoms with E-state index in [0.29, 0.717) is 13.2 Å². The van der Waals surface area contributed by atoms with Crippen molar-refractivity contribution in [3.05, 3.63) is 71.8 Å². The average molecular weight is 437 g/mol. The zero-order chi connectivity index (χ0) is 22.8. The van der Waals surface area contributed by atoms with E-state index in [1.807, 2.05) is 36.4 Å². The summed E-state index contributed by atoms with van der Waals surface area (Å²) < 4.78 is 11.4. The zero-order valence-corrected chi connectivity index (χ0v) is 19.4. The van der Waals surface area contributed by atoms with Crippen LogP contribution in [0.15, 0.2) is 60.7 Å². The van der Waals surface area contributed by atoms with Crippen LogP contribution in [0.5, 0.6) is 0 Å². The Labute approximate surface area is 192 Å². The topological polar surface area (TPSA) is 52.6 Å². The molecular weight excluding hydrogens is 400 g/mol. The van der Waals surface area contributed by atoms with Crippen LogP contribution in [-0.4, -0.2) is 25.2 Å². The molecule has 32 heavy (non-hydrogen) atoms. The monoisotopic (exact) mass is 436 g/mol. The summed E-state index contributed by atoms with van der Waals surface area (Å²) in [6.07, 6.45) is 5.21. The lowest BCUT2D eigenvalue weighted by Gasteiger charge is -2.41. The minimum atomic E-state index is -0.553. The smallest absolute Gasteiger partial charge is 0.310 e. The quantitative estimate of drug-likeness (QED) is 0.325. The van der Waals surface area contributed by atoms with Crippen LogP contribution in [0, 0.1) is 11.8 Å². The largest absolute Gasteiger partial charge is 0.465 e. The highest BCUT2D eigenvalue weighted by Gasteiger charge is 2.49. The van der Waals surface area contributed by atoms with Crippen molar-refractivity contribution in [3.8, 4) is 0 Å². The first-order chi connectivity index (χ1) is 15.7. The van der Waals surface area contributed by atoms with Gasteiger partial charge in [-0.05, 0) is 48.6 Å². The normalized spacial score (nSPS) is 22.8. The molecular formula is C28H36O4. The molecule has 0 aromatic heterocycles. The van der Waals surface area contributed by atoms with Crippen molar-refractivity contribution in [1.29, 1.82) is 0 Å². The van der Waals surface area contributed by atoms with E-state index in [2.05, 4.69) is 38.1 Å². The molecule has 2 aromatic carbocycles. The molecule has 2 aromatic rings. The Bertz CT molecular complexity index is 762. The Kier molecular flexibility index (Phi) is 9.33. The van der Waals surface area contributed by atoms with E-state index in [1.165, 1.54) is 0 Å². The maximum Gasteiger partial charge on any atom is 0.310 e. The lowest BCUT2D eigenvalue weighted by Crippen LogP contribution is -2.43. The third-order valence-corrected chi connectivity index (χ3v) is 6.53. The first kappa shape index (κ1) is 24.0. The highest BCUT2D eigenvalue weighted by Crippen LogP contribution is 2.49. The van der Waals surface area contributed by atoms with Gasteiger partial charge in [-0.25, -0.2) is 0 Å². The van der Waals surface area contributed by atoms with Gasteiger partial charge in [-0.3, -0.25) is 9.59 Å². The molecule has 0 heterocycles. The predicted octanol–water partition coefficient (Wildman–Crippen LogP) is 6.27. The Morgan fingerprint density at radius 3 is 1.41 bits per heavy atom. The summed E-state index contributed by atoms with van der Waals surface area (Å²) in [6.45, 7) is 4.92. The molecule has 0 amide bonds. The first-order valence-corrected chi connectivity index (χ1v) is 12.1. The number of unbranched alkanes of at least 4 members (excludes halogenated alkanes) is 2. The Morgan fingerprint density at radius 1 is 0.688 bits per heavy atom. The van der Waals surface area contributed by atoms with E-state index >= 15 is 0 Å². The average Bonchev–Trinajstić information content (AvgIpc) is 2.84. The first-order valence-electron chi connectivity index (χ1n) is 12.1. The molecule has 4 unspecified atom stereocenters. The number of carbonyl (C=O) groups excluding carboxylic acids is 2. The van der Waals surface area contributed by atoms with E-state index in [0.717, 1.165) is 49.7 Å². The fourth-order valence-electron chi connectivity index (χ4n) is 4.82. The van der Waals surface area contributed by atoms with Gasteiger partial charge in [-0.2, -0.15) is 0 Å². The lowest BCUT2D eigenvalue weighted by atomic mass is 9.63. The minimum Gasteiger partial charge on any atom is -0.465 e. The number of carbonyl (C=O) groups is 2. The van der Waals surface area contributed by atoms with Gasteiger partial charge in [0.15, 0.2) is 0 Å². The molecule has 0 N–H and O–H groups in total. The van der Waals surface area contributed by atoms with Gasteiger partial charge < -0.3 is 9.47 Å². The third kappa shape index (κ3) is 5.99. The zero-order valence-electron chi connectivity index (χ0n) is 19.4. The van der Waals surface area contributed by atoms with E-state index < -0.39 is 11.8 Å². The summed E-state index contributed by atoms with van der Waals surface area (Å²) >= 11 is 0. The summed E-state index contributed by atoms with van der Waals surface area (Å²) in [6, 6.07) is 20.1. The van der Waals surface area contributed by atoms with E-state index in [1.54, 1.807) is 0 Å². The van der Waals surface area contributed by atoms with Gasteiger partial charge in [-0.1, -0.05) is 87.4 Å². The van der Waals surface area contributed by atoms with Crippen molar-refractivity contribution in [2.45, 2.75) is 64.2 Å². The second-order valence-corrected chi connectivity index (χ2v) is 8.71. The van der Waals surface area contributed by atoms with Crippen molar-refractivity contribution in [2.24, 2.45) is 11.8 Å². The van der Waals surface area contributed by atoms with Crippen LogP contribution in [0.4, 0.5) is 0 Å². The van der Waals surface area contributed by atoms with Gasteiger partial charge in [0.2, 0.25) is 0 Å². The minimum absolute atomic E-state index is 0.0611. The molecule has 1 fully saturated rings. The van der Waals surface area contributed by atoms with E-state index in [9.17, 15) is 9.59 Å². The van der Waals surface area contributed by atoms with Crippen molar-refractivity contribution in [2.75, 3.05) is 13.2 Å². The van der Waals surface area contributed by atoms with E-state index in [-0.39, 0.29) is 23.8 Å². The fraction of sp³-hybridized carbons (Fsp3) is 0.500. The highest BCUT2D eigenvalue weighted by molar-refractivity contribution is 5.84. The van der Waals surface area contributed by atoms with Crippen LogP contribution in [0.2, 0.25) is 0 Å². The maximum atomic E-state index is 13.4. The molecule has 0 aliphatic heterocycles. The molecule has 1 aliphatic rings.